The van der Waals surface area contributed by atoms with Gasteiger partial charge in [0.25, 0.3) is 0 Å². The minimum atomic E-state index is 0. The predicted molar refractivity (Wildman–Crippen MR) is 97.8 cm³/mol. The first-order valence-corrected chi connectivity index (χ1v) is 8.06. The fourth-order valence-corrected chi connectivity index (χ4v) is 2.47. The molecule has 0 radical (unpaired) electrons. The number of hydrogen-bond acceptors (Lipinski definition) is 3. The molecule has 0 aromatic carbocycles. The van der Waals surface area contributed by atoms with E-state index >= 15 is 0 Å². The van der Waals surface area contributed by atoms with Crippen LogP contribution in [0, 0.1) is 5.92 Å². The maximum Gasteiger partial charge on any atom is 0.191 e. The maximum absolute atomic E-state index is 5.64. The lowest BCUT2D eigenvalue weighted by atomic mass is 10.2. The van der Waals surface area contributed by atoms with Gasteiger partial charge in [0.15, 0.2) is 5.96 Å². The normalized spacial score (nSPS) is 21.5. The van der Waals surface area contributed by atoms with Gasteiger partial charge in [-0.1, -0.05) is 0 Å². The molecule has 0 spiro atoms. The molecule has 3 rings (SSSR count). The molecule has 2 N–H and O–H groups in total. The average molecular weight is 419 g/mol. The molecule has 124 valence electrons. The molecule has 22 heavy (non-hydrogen) atoms. The standard InChI is InChI=1S/C16H25N3O2.HI/c1-3-14(20-9-1)7-8-17-16(18-11-13-5-6-13)19-12-15-4-2-10-21-15;/h1,3,9,13,15H,2,4-8,10-12H2,(H2,17,18,19);1H. The first kappa shape index (κ1) is 17.6. The van der Waals surface area contributed by atoms with Crippen LogP contribution >= 0.6 is 24.0 Å². The Hall–Kier alpha value is -0.760. The van der Waals surface area contributed by atoms with Gasteiger partial charge in [0.05, 0.1) is 12.4 Å². The van der Waals surface area contributed by atoms with Gasteiger partial charge >= 0.3 is 0 Å². The van der Waals surface area contributed by atoms with Crippen LogP contribution in [-0.2, 0) is 11.2 Å². The SMILES string of the molecule is I.c1coc(CCNC(=NCC2CC2)NCC2CCCO2)c1. The number of furan rings is 1. The van der Waals surface area contributed by atoms with Crippen molar-refractivity contribution in [3.8, 4) is 0 Å². The molecule has 1 aliphatic heterocycles. The highest BCUT2D eigenvalue weighted by atomic mass is 127. The third-order valence-electron chi connectivity index (χ3n) is 3.97. The summed E-state index contributed by atoms with van der Waals surface area (Å²) in [4.78, 5) is 4.67. The first-order valence-electron chi connectivity index (χ1n) is 8.06. The Kier molecular flexibility index (Phi) is 7.51. The van der Waals surface area contributed by atoms with Crippen molar-refractivity contribution in [1.82, 2.24) is 10.6 Å². The molecule has 1 aromatic heterocycles. The molecule has 1 unspecified atom stereocenters. The summed E-state index contributed by atoms with van der Waals surface area (Å²) in [5.74, 6) is 2.71. The zero-order valence-electron chi connectivity index (χ0n) is 12.9. The lowest BCUT2D eigenvalue weighted by molar-refractivity contribution is 0.114. The van der Waals surface area contributed by atoms with Gasteiger partial charge in [0, 0.05) is 32.7 Å². The third-order valence-corrected chi connectivity index (χ3v) is 3.97. The molecule has 0 bridgehead atoms. The van der Waals surface area contributed by atoms with E-state index < -0.39 is 0 Å². The van der Waals surface area contributed by atoms with Crippen LogP contribution in [0.5, 0.6) is 0 Å². The second kappa shape index (κ2) is 9.39. The Morgan fingerprint density at radius 1 is 1.27 bits per heavy atom. The van der Waals surface area contributed by atoms with Gasteiger partial charge < -0.3 is 19.8 Å². The van der Waals surface area contributed by atoms with Gasteiger partial charge in [0.1, 0.15) is 5.76 Å². The number of nitrogens with one attached hydrogen (secondary N) is 2. The molecule has 5 nitrogen and oxygen atoms in total. The highest BCUT2D eigenvalue weighted by molar-refractivity contribution is 14.0. The Morgan fingerprint density at radius 3 is 2.86 bits per heavy atom. The summed E-state index contributed by atoms with van der Waals surface area (Å²) in [6.07, 6.45) is 7.90. The van der Waals surface area contributed by atoms with Crippen LogP contribution in [0.4, 0.5) is 0 Å². The Labute approximate surface area is 149 Å². The van der Waals surface area contributed by atoms with E-state index in [1.807, 2.05) is 12.1 Å². The number of hydrogen-bond donors (Lipinski definition) is 2. The minimum absolute atomic E-state index is 0. The lowest BCUT2D eigenvalue weighted by Crippen LogP contribution is -2.42. The zero-order chi connectivity index (χ0) is 14.3. The van der Waals surface area contributed by atoms with E-state index in [0.717, 1.165) is 56.7 Å². The van der Waals surface area contributed by atoms with Crippen molar-refractivity contribution < 1.29 is 9.15 Å². The van der Waals surface area contributed by atoms with Crippen molar-refractivity contribution in [3.05, 3.63) is 24.2 Å². The Morgan fingerprint density at radius 2 is 2.18 bits per heavy atom. The van der Waals surface area contributed by atoms with Gasteiger partial charge in [-0.2, -0.15) is 0 Å². The number of guanidine groups is 1. The second-order valence-electron chi connectivity index (χ2n) is 5.90. The van der Waals surface area contributed by atoms with Crippen molar-refractivity contribution in [2.75, 3.05) is 26.2 Å². The van der Waals surface area contributed by atoms with E-state index in [4.69, 9.17) is 9.15 Å². The molecular formula is C16H26IN3O2. The van der Waals surface area contributed by atoms with Crippen LogP contribution in [0.25, 0.3) is 0 Å². The fraction of sp³-hybridized carbons (Fsp3) is 0.688. The highest BCUT2D eigenvalue weighted by Crippen LogP contribution is 2.28. The maximum atomic E-state index is 5.64. The van der Waals surface area contributed by atoms with E-state index in [9.17, 15) is 0 Å². The van der Waals surface area contributed by atoms with Gasteiger partial charge in [-0.25, -0.2) is 0 Å². The molecule has 2 fully saturated rings. The molecule has 2 aliphatic rings. The number of aliphatic imine (C=N–C) groups is 1. The Bertz CT molecular complexity index is 440. The van der Waals surface area contributed by atoms with Crippen LogP contribution < -0.4 is 10.6 Å². The molecule has 1 saturated carbocycles. The van der Waals surface area contributed by atoms with Gasteiger partial charge in [-0.05, 0) is 43.7 Å². The number of ether oxygens (including phenoxy) is 1. The summed E-state index contributed by atoms with van der Waals surface area (Å²) in [5, 5.41) is 6.80. The Balaban J connectivity index is 0.00000176. The predicted octanol–water partition coefficient (Wildman–Crippen LogP) is 2.56. The van der Waals surface area contributed by atoms with Crippen LogP contribution in [0.1, 0.15) is 31.4 Å². The first-order chi connectivity index (χ1) is 10.4. The van der Waals surface area contributed by atoms with E-state index in [1.54, 1.807) is 6.26 Å². The van der Waals surface area contributed by atoms with E-state index in [0.29, 0.717) is 6.10 Å². The molecule has 2 heterocycles. The highest BCUT2D eigenvalue weighted by Gasteiger charge is 2.21. The number of rotatable bonds is 7. The monoisotopic (exact) mass is 419 g/mol. The summed E-state index contributed by atoms with van der Waals surface area (Å²) in [6.45, 7) is 3.50. The molecule has 1 saturated heterocycles. The molecule has 1 aromatic rings. The summed E-state index contributed by atoms with van der Waals surface area (Å²) >= 11 is 0. The smallest absolute Gasteiger partial charge is 0.191 e. The molecule has 1 atom stereocenters. The third kappa shape index (κ3) is 6.16. The second-order valence-corrected chi connectivity index (χ2v) is 5.90. The molecule has 1 aliphatic carbocycles. The van der Waals surface area contributed by atoms with Gasteiger partial charge in [-0.15, -0.1) is 24.0 Å². The van der Waals surface area contributed by atoms with Crippen LogP contribution in [0.2, 0.25) is 0 Å². The van der Waals surface area contributed by atoms with E-state index in [1.165, 1.54) is 19.3 Å². The summed E-state index contributed by atoms with van der Waals surface area (Å²) in [7, 11) is 0. The van der Waals surface area contributed by atoms with E-state index in [2.05, 4.69) is 15.6 Å². The van der Waals surface area contributed by atoms with Gasteiger partial charge in [0.2, 0.25) is 0 Å². The lowest BCUT2D eigenvalue weighted by Gasteiger charge is -2.15. The molecule has 0 amide bonds. The van der Waals surface area contributed by atoms with Gasteiger partial charge in [-0.3, -0.25) is 4.99 Å². The fourth-order valence-electron chi connectivity index (χ4n) is 2.47. The zero-order valence-corrected chi connectivity index (χ0v) is 15.3. The summed E-state index contributed by atoms with van der Waals surface area (Å²) < 4.78 is 11.0. The average Bonchev–Trinajstić information content (AvgIpc) is 2.96. The topological polar surface area (TPSA) is 58.8 Å². The largest absolute Gasteiger partial charge is 0.469 e. The summed E-state index contributed by atoms with van der Waals surface area (Å²) in [5.41, 5.74) is 0. The van der Waals surface area contributed by atoms with Crippen molar-refractivity contribution >= 4 is 29.9 Å². The van der Waals surface area contributed by atoms with E-state index in [-0.39, 0.29) is 24.0 Å². The van der Waals surface area contributed by atoms with Crippen molar-refractivity contribution in [3.63, 3.8) is 0 Å². The quantitative estimate of drug-likeness (QED) is 0.405. The molecule has 6 heteroatoms. The summed E-state index contributed by atoms with van der Waals surface area (Å²) in [6, 6.07) is 3.93. The van der Waals surface area contributed by atoms with Crippen LogP contribution in [0.15, 0.2) is 27.8 Å². The molecular weight excluding hydrogens is 393 g/mol. The minimum Gasteiger partial charge on any atom is -0.469 e. The van der Waals surface area contributed by atoms with Crippen molar-refractivity contribution in [2.24, 2.45) is 10.9 Å². The number of nitrogens with zero attached hydrogens (tertiary/aromatic N) is 1. The van der Waals surface area contributed by atoms with Crippen LogP contribution in [-0.4, -0.2) is 38.3 Å². The van der Waals surface area contributed by atoms with Crippen LogP contribution in [0.3, 0.4) is 0 Å². The number of halogens is 1. The van der Waals surface area contributed by atoms with Crippen molar-refractivity contribution in [1.29, 1.82) is 0 Å². The van der Waals surface area contributed by atoms with Crippen molar-refractivity contribution in [2.45, 2.75) is 38.2 Å².